The molecule has 0 aliphatic carbocycles. The Morgan fingerprint density at radius 2 is 0.828 bits per heavy atom. The average Bonchev–Trinajstić information content (AvgIpc) is 3.78. The van der Waals surface area contributed by atoms with Crippen LogP contribution in [0.3, 0.4) is 0 Å². The van der Waals surface area contributed by atoms with Gasteiger partial charge in [-0.2, -0.15) is 9.97 Å². The molecule has 0 aliphatic rings. The molecule has 0 saturated carbocycles. The van der Waals surface area contributed by atoms with Gasteiger partial charge in [-0.3, -0.25) is 4.57 Å². The van der Waals surface area contributed by atoms with Crippen LogP contribution in [-0.2, 0) is 0 Å². The summed E-state index contributed by atoms with van der Waals surface area (Å²) in [6, 6.07) is 63.1. The minimum absolute atomic E-state index is 0.585. The highest BCUT2D eigenvalue weighted by atomic mass is 15.2. The van der Waals surface area contributed by atoms with Crippen LogP contribution in [0.15, 0.2) is 176 Å². The van der Waals surface area contributed by atoms with E-state index in [9.17, 15) is 0 Å². The molecule has 3 aromatic heterocycles. The van der Waals surface area contributed by atoms with E-state index in [2.05, 4.69) is 163 Å². The Kier molecular flexibility index (Phi) is 6.99. The number of nitrogens with zero attached hydrogens (tertiary/aromatic N) is 5. The molecule has 0 fully saturated rings. The van der Waals surface area contributed by atoms with Crippen molar-refractivity contribution < 1.29 is 0 Å². The largest absolute Gasteiger partial charge is 0.309 e. The SMILES string of the molecule is Cc1ccc2c(c1)c1c(ccc3c4cc(C)ccc4n(-c4nc(-c5ccccc5)nc(-c5ccccc5)n4)c31)n2-c1ccc2c3ccccc3c3ccccc3c2c1. The van der Waals surface area contributed by atoms with Gasteiger partial charge in [0.25, 0.3) is 0 Å². The van der Waals surface area contributed by atoms with Crippen molar-refractivity contribution in [2.24, 2.45) is 0 Å². The molecule has 5 heteroatoms. The highest BCUT2D eigenvalue weighted by Crippen LogP contribution is 2.43. The van der Waals surface area contributed by atoms with E-state index in [1.165, 1.54) is 48.8 Å². The third-order valence-corrected chi connectivity index (χ3v) is 11.8. The molecule has 0 radical (unpaired) electrons. The van der Waals surface area contributed by atoms with Gasteiger partial charge in [0.15, 0.2) is 11.6 Å². The van der Waals surface area contributed by atoms with Crippen LogP contribution >= 0.6 is 0 Å². The number of hydrogen-bond acceptors (Lipinski definition) is 3. The first-order valence-corrected chi connectivity index (χ1v) is 19.8. The minimum atomic E-state index is 0.585. The summed E-state index contributed by atoms with van der Waals surface area (Å²) >= 11 is 0. The number of benzene rings is 9. The van der Waals surface area contributed by atoms with E-state index in [0.29, 0.717) is 17.6 Å². The molecule has 0 atom stereocenters. The van der Waals surface area contributed by atoms with Gasteiger partial charge in [-0.1, -0.05) is 145 Å². The fourth-order valence-electron chi connectivity index (χ4n) is 9.26. The van der Waals surface area contributed by atoms with Crippen molar-refractivity contribution in [3.8, 4) is 34.4 Å². The molecule has 0 aliphatic heterocycles. The second kappa shape index (κ2) is 12.4. The van der Waals surface area contributed by atoms with Crippen molar-refractivity contribution in [3.63, 3.8) is 0 Å². The number of aryl methyl sites for hydroxylation is 2. The van der Waals surface area contributed by atoms with Gasteiger partial charge in [-0.15, -0.1) is 0 Å². The summed E-state index contributed by atoms with van der Waals surface area (Å²) in [6.45, 7) is 4.34. The van der Waals surface area contributed by atoms with Gasteiger partial charge in [-0.05, 0) is 88.6 Å². The van der Waals surface area contributed by atoms with E-state index < -0.39 is 0 Å². The Morgan fingerprint density at radius 1 is 0.345 bits per heavy atom. The molecule has 0 bridgehead atoms. The Labute approximate surface area is 334 Å². The molecule has 12 rings (SSSR count). The lowest BCUT2D eigenvalue weighted by atomic mass is 9.94. The van der Waals surface area contributed by atoms with Crippen molar-refractivity contribution in [1.29, 1.82) is 0 Å². The smallest absolute Gasteiger partial charge is 0.238 e. The predicted molar refractivity (Wildman–Crippen MR) is 241 cm³/mol. The number of fused-ring (bicyclic) bond motifs is 13. The molecule has 12 aromatic rings. The van der Waals surface area contributed by atoms with Crippen molar-refractivity contribution in [2.45, 2.75) is 13.8 Å². The molecule has 272 valence electrons. The summed E-state index contributed by atoms with van der Waals surface area (Å²) in [6.07, 6.45) is 0. The molecule has 0 amide bonds. The lowest BCUT2D eigenvalue weighted by molar-refractivity contribution is 0.955. The van der Waals surface area contributed by atoms with Gasteiger partial charge in [0.05, 0.1) is 22.1 Å². The Balaban J connectivity index is 1.22. The third kappa shape index (κ3) is 4.80. The Bertz CT molecular complexity index is 3540. The Morgan fingerprint density at radius 3 is 1.43 bits per heavy atom. The van der Waals surface area contributed by atoms with E-state index in [0.717, 1.165) is 55.0 Å². The fraction of sp³-hybridized carbons (Fsp3) is 0.0377. The van der Waals surface area contributed by atoms with Gasteiger partial charge < -0.3 is 4.57 Å². The molecule has 0 N–H and O–H groups in total. The highest BCUT2D eigenvalue weighted by molar-refractivity contribution is 6.28. The average molecular weight is 742 g/mol. The van der Waals surface area contributed by atoms with Gasteiger partial charge in [0.1, 0.15) is 0 Å². The van der Waals surface area contributed by atoms with Crippen molar-refractivity contribution in [3.05, 3.63) is 187 Å². The maximum absolute atomic E-state index is 5.29. The molecule has 58 heavy (non-hydrogen) atoms. The van der Waals surface area contributed by atoms with E-state index in [1.807, 2.05) is 36.4 Å². The molecule has 0 saturated heterocycles. The second-order valence-corrected chi connectivity index (χ2v) is 15.4. The summed E-state index contributed by atoms with van der Waals surface area (Å²) < 4.78 is 4.72. The fourth-order valence-corrected chi connectivity index (χ4v) is 9.26. The van der Waals surface area contributed by atoms with E-state index >= 15 is 0 Å². The van der Waals surface area contributed by atoms with E-state index in [4.69, 9.17) is 15.0 Å². The van der Waals surface area contributed by atoms with Crippen LogP contribution in [0.4, 0.5) is 0 Å². The lowest BCUT2D eigenvalue weighted by Crippen LogP contribution is -2.06. The molecular formula is C53H35N5. The number of rotatable bonds is 4. The third-order valence-electron chi connectivity index (χ3n) is 11.8. The molecule has 0 spiro atoms. The first kappa shape index (κ1) is 32.6. The summed E-state index contributed by atoms with van der Waals surface area (Å²) in [7, 11) is 0. The number of hydrogen-bond donors (Lipinski definition) is 0. The van der Waals surface area contributed by atoms with Crippen LogP contribution in [0.1, 0.15) is 11.1 Å². The normalized spacial score (nSPS) is 12.0. The van der Waals surface area contributed by atoms with Crippen molar-refractivity contribution in [1.82, 2.24) is 24.1 Å². The molecule has 5 nitrogen and oxygen atoms in total. The van der Waals surface area contributed by atoms with Crippen LogP contribution < -0.4 is 0 Å². The number of aromatic nitrogens is 5. The van der Waals surface area contributed by atoms with E-state index in [1.54, 1.807) is 0 Å². The molecule has 9 aromatic carbocycles. The topological polar surface area (TPSA) is 48.5 Å². The molecular weight excluding hydrogens is 707 g/mol. The van der Waals surface area contributed by atoms with Crippen LogP contribution in [0.2, 0.25) is 0 Å². The lowest BCUT2D eigenvalue weighted by Gasteiger charge is -2.14. The maximum Gasteiger partial charge on any atom is 0.238 e. The van der Waals surface area contributed by atoms with Gasteiger partial charge in [-0.25, -0.2) is 4.98 Å². The summed E-state index contributed by atoms with van der Waals surface area (Å²) in [4.78, 5) is 15.6. The van der Waals surface area contributed by atoms with Crippen molar-refractivity contribution in [2.75, 3.05) is 0 Å². The first-order valence-electron chi connectivity index (χ1n) is 19.8. The quantitative estimate of drug-likeness (QED) is 0.169. The zero-order valence-electron chi connectivity index (χ0n) is 32.0. The van der Waals surface area contributed by atoms with Crippen LogP contribution in [0.25, 0.3) is 110 Å². The van der Waals surface area contributed by atoms with Gasteiger partial charge in [0.2, 0.25) is 5.95 Å². The minimum Gasteiger partial charge on any atom is -0.309 e. The molecule has 0 unspecified atom stereocenters. The van der Waals surface area contributed by atoms with Crippen molar-refractivity contribution >= 4 is 75.9 Å². The summed E-state index contributed by atoms with van der Waals surface area (Å²) in [5, 5.41) is 12.2. The van der Waals surface area contributed by atoms with E-state index in [-0.39, 0.29) is 0 Å². The van der Waals surface area contributed by atoms with Crippen LogP contribution in [-0.4, -0.2) is 24.1 Å². The Hall–Kier alpha value is -7.63. The van der Waals surface area contributed by atoms with Crippen LogP contribution in [0, 0.1) is 13.8 Å². The predicted octanol–water partition coefficient (Wildman–Crippen LogP) is 13.5. The first-order chi connectivity index (χ1) is 28.6. The van der Waals surface area contributed by atoms with Gasteiger partial charge in [0, 0.05) is 38.4 Å². The monoisotopic (exact) mass is 741 g/mol. The standard InChI is InChI=1S/C53H35N5/c1-32-21-26-46-44(29-32)42-25-28-48-49(50(42)58(46)53-55-51(34-13-5-3-6-14-34)54-52(56-53)35-15-7-4-8-16-35)45-30-33(2)22-27-47(45)57(48)36-23-24-41-39-19-10-9-17-37(39)38-18-11-12-20-40(38)43(41)31-36/h3-31H,1-2H3. The summed E-state index contributed by atoms with van der Waals surface area (Å²) in [5.74, 6) is 1.85. The summed E-state index contributed by atoms with van der Waals surface area (Å²) in [5.41, 5.74) is 9.80. The zero-order valence-corrected chi connectivity index (χ0v) is 32.0. The second-order valence-electron chi connectivity index (χ2n) is 15.4. The highest BCUT2D eigenvalue weighted by Gasteiger charge is 2.24. The van der Waals surface area contributed by atoms with Crippen LogP contribution in [0.5, 0.6) is 0 Å². The zero-order chi connectivity index (χ0) is 38.5. The molecule has 3 heterocycles. The van der Waals surface area contributed by atoms with Gasteiger partial charge >= 0.3 is 0 Å². The maximum atomic E-state index is 5.29.